The number of hydrogen-bond donors (Lipinski definition) is 1. The van der Waals surface area contributed by atoms with Crippen LogP contribution in [0, 0.1) is 5.82 Å². The Hall–Kier alpha value is -0.410. The molecule has 0 heterocycles. The van der Waals surface area contributed by atoms with E-state index >= 15 is 0 Å². The zero-order valence-electron chi connectivity index (χ0n) is 8.48. The van der Waals surface area contributed by atoms with Gasteiger partial charge >= 0.3 is 0 Å². The van der Waals surface area contributed by atoms with Crippen LogP contribution in [0.5, 0.6) is 0 Å². The summed E-state index contributed by atoms with van der Waals surface area (Å²) in [5, 5.41) is 3.26. The van der Waals surface area contributed by atoms with Gasteiger partial charge in [0.05, 0.1) is 4.47 Å². The molecule has 0 bridgehead atoms. The van der Waals surface area contributed by atoms with Crippen LogP contribution in [0.15, 0.2) is 22.7 Å². The van der Waals surface area contributed by atoms with Gasteiger partial charge in [0, 0.05) is 6.04 Å². The highest BCUT2D eigenvalue weighted by Crippen LogP contribution is 2.18. The smallest absolute Gasteiger partial charge is 0.140 e. The van der Waals surface area contributed by atoms with E-state index in [-0.39, 0.29) is 5.82 Å². The van der Waals surface area contributed by atoms with E-state index in [9.17, 15) is 4.39 Å². The fourth-order valence-electron chi connectivity index (χ4n) is 1.24. The summed E-state index contributed by atoms with van der Waals surface area (Å²) in [6, 6.07) is 5.85. The van der Waals surface area contributed by atoms with Gasteiger partial charge in [-0.1, -0.05) is 26.0 Å². The second-order valence-electron chi connectivity index (χ2n) is 3.57. The molecule has 0 amide bonds. The van der Waals surface area contributed by atoms with Crippen molar-refractivity contribution in [2.45, 2.75) is 26.3 Å². The summed E-state index contributed by atoms with van der Waals surface area (Å²) in [6.45, 7) is 4.97. The minimum Gasteiger partial charge on any atom is -0.314 e. The van der Waals surface area contributed by atoms with Gasteiger partial charge in [-0.3, -0.25) is 0 Å². The molecule has 1 aromatic rings. The molecule has 1 rings (SSSR count). The van der Waals surface area contributed by atoms with E-state index in [4.69, 9.17) is 0 Å². The normalized spacial score (nSPS) is 10.9. The van der Waals surface area contributed by atoms with Crippen LogP contribution in [0.3, 0.4) is 0 Å². The molecule has 0 unspecified atom stereocenters. The summed E-state index contributed by atoms with van der Waals surface area (Å²) in [5.74, 6) is -0.141. The molecule has 0 fully saturated rings. The van der Waals surface area contributed by atoms with Crippen LogP contribution in [0.4, 0.5) is 4.39 Å². The molecule has 0 atom stereocenters. The van der Waals surface area contributed by atoms with E-state index in [1.165, 1.54) is 0 Å². The van der Waals surface area contributed by atoms with Crippen molar-refractivity contribution in [2.24, 2.45) is 0 Å². The second-order valence-corrected chi connectivity index (χ2v) is 4.43. The maximum Gasteiger partial charge on any atom is 0.140 e. The van der Waals surface area contributed by atoms with Gasteiger partial charge in [-0.15, -0.1) is 0 Å². The fourth-order valence-corrected chi connectivity index (χ4v) is 1.64. The number of benzene rings is 1. The van der Waals surface area contributed by atoms with Crippen molar-refractivity contribution in [3.8, 4) is 0 Å². The van der Waals surface area contributed by atoms with Gasteiger partial charge in [-0.25, -0.2) is 4.39 Å². The van der Waals surface area contributed by atoms with Gasteiger partial charge in [0.1, 0.15) is 5.82 Å². The van der Waals surface area contributed by atoms with Gasteiger partial charge in [0.25, 0.3) is 0 Å². The van der Waals surface area contributed by atoms with Crippen LogP contribution in [-0.2, 0) is 6.42 Å². The van der Waals surface area contributed by atoms with Crippen LogP contribution in [0.25, 0.3) is 0 Å². The Morgan fingerprint density at radius 1 is 1.43 bits per heavy atom. The Morgan fingerprint density at radius 3 is 2.79 bits per heavy atom. The Morgan fingerprint density at radius 2 is 2.14 bits per heavy atom. The van der Waals surface area contributed by atoms with E-state index < -0.39 is 0 Å². The zero-order chi connectivity index (χ0) is 10.6. The van der Waals surface area contributed by atoms with E-state index in [1.807, 2.05) is 12.1 Å². The second kappa shape index (κ2) is 5.47. The van der Waals surface area contributed by atoms with Crippen LogP contribution in [-0.4, -0.2) is 12.6 Å². The van der Waals surface area contributed by atoms with Gasteiger partial charge in [0.15, 0.2) is 0 Å². The lowest BCUT2D eigenvalue weighted by Gasteiger charge is -2.08. The number of halogens is 2. The largest absolute Gasteiger partial charge is 0.314 e. The monoisotopic (exact) mass is 259 g/mol. The Labute approximate surface area is 92.8 Å². The van der Waals surface area contributed by atoms with Gasteiger partial charge < -0.3 is 5.32 Å². The first kappa shape index (κ1) is 11.7. The fraction of sp³-hybridized carbons (Fsp3) is 0.455. The van der Waals surface area contributed by atoms with Crippen molar-refractivity contribution in [2.75, 3.05) is 6.54 Å². The van der Waals surface area contributed by atoms with E-state index in [1.54, 1.807) is 6.07 Å². The molecule has 0 saturated heterocycles. The van der Waals surface area contributed by atoms with E-state index in [0.717, 1.165) is 18.5 Å². The maximum absolute atomic E-state index is 13.5. The molecular weight excluding hydrogens is 245 g/mol. The quantitative estimate of drug-likeness (QED) is 0.877. The average Bonchev–Trinajstić information content (AvgIpc) is 2.12. The molecule has 0 aromatic heterocycles. The highest BCUT2D eigenvalue weighted by Gasteiger charge is 2.04. The average molecular weight is 260 g/mol. The molecule has 0 radical (unpaired) electrons. The summed E-state index contributed by atoms with van der Waals surface area (Å²) in [6.07, 6.45) is 0.726. The van der Waals surface area contributed by atoms with Crippen molar-refractivity contribution in [3.63, 3.8) is 0 Å². The minimum atomic E-state index is -0.141. The van der Waals surface area contributed by atoms with E-state index in [2.05, 4.69) is 35.1 Å². The first-order chi connectivity index (χ1) is 6.61. The molecule has 78 valence electrons. The highest BCUT2D eigenvalue weighted by molar-refractivity contribution is 9.10. The molecule has 0 spiro atoms. The van der Waals surface area contributed by atoms with Gasteiger partial charge in [0.2, 0.25) is 0 Å². The van der Waals surface area contributed by atoms with Crippen molar-refractivity contribution < 1.29 is 4.39 Å². The molecule has 0 saturated carbocycles. The molecular formula is C11H15BrFN. The SMILES string of the molecule is CC(C)NCCc1cccc(Br)c1F. The van der Waals surface area contributed by atoms with Crippen LogP contribution >= 0.6 is 15.9 Å². The summed E-state index contributed by atoms with van der Waals surface area (Å²) in [4.78, 5) is 0. The Kier molecular flexibility index (Phi) is 4.55. The topological polar surface area (TPSA) is 12.0 Å². The maximum atomic E-state index is 13.5. The lowest BCUT2D eigenvalue weighted by molar-refractivity contribution is 0.566. The highest BCUT2D eigenvalue weighted by atomic mass is 79.9. The standard InChI is InChI=1S/C11H15BrFN/c1-8(2)14-7-6-9-4-3-5-10(12)11(9)13/h3-5,8,14H,6-7H2,1-2H3. The van der Waals surface area contributed by atoms with Gasteiger partial charge in [-0.2, -0.15) is 0 Å². The zero-order valence-corrected chi connectivity index (χ0v) is 10.1. The third kappa shape index (κ3) is 3.39. The van der Waals surface area contributed by atoms with Gasteiger partial charge in [-0.05, 0) is 40.5 Å². The number of hydrogen-bond acceptors (Lipinski definition) is 1. The molecule has 1 nitrogen and oxygen atoms in total. The Balaban J connectivity index is 2.54. The number of nitrogens with one attached hydrogen (secondary N) is 1. The molecule has 3 heteroatoms. The predicted octanol–water partition coefficient (Wildman–Crippen LogP) is 3.13. The summed E-state index contributed by atoms with van der Waals surface area (Å²) >= 11 is 3.17. The minimum absolute atomic E-state index is 0.141. The van der Waals surface area contributed by atoms with Crippen molar-refractivity contribution in [3.05, 3.63) is 34.1 Å². The van der Waals surface area contributed by atoms with E-state index in [0.29, 0.717) is 10.5 Å². The molecule has 14 heavy (non-hydrogen) atoms. The van der Waals surface area contributed by atoms with Crippen molar-refractivity contribution in [1.82, 2.24) is 5.32 Å². The molecule has 1 aromatic carbocycles. The first-order valence-corrected chi connectivity index (χ1v) is 5.57. The summed E-state index contributed by atoms with van der Waals surface area (Å²) < 4.78 is 14.0. The van der Waals surface area contributed by atoms with Crippen molar-refractivity contribution in [1.29, 1.82) is 0 Å². The Bertz CT molecular complexity index is 299. The van der Waals surface area contributed by atoms with Crippen LogP contribution in [0.1, 0.15) is 19.4 Å². The van der Waals surface area contributed by atoms with Crippen LogP contribution < -0.4 is 5.32 Å². The first-order valence-electron chi connectivity index (χ1n) is 4.77. The lowest BCUT2D eigenvalue weighted by atomic mass is 10.1. The lowest BCUT2D eigenvalue weighted by Crippen LogP contribution is -2.25. The third-order valence-electron chi connectivity index (χ3n) is 1.98. The van der Waals surface area contributed by atoms with Crippen LogP contribution in [0.2, 0.25) is 0 Å². The number of rotatable bonds is 4. The third-order valence-corrected chi connectivity index (χ3v) is 2.59. The van der Waals surface area contributed by atoms with Crippen molar-refractivity contribution >= 4 is 15.9 Å². The molecule has 0 aliphatic carbocycles. The molecule has 0 aliphatic heterocycles. The predicted molar refractivity (Wildman–Crippen MR) is 60.9 cm³/mol. The molecule has 0 aliphatic rings. The summed E-state index contributed by atoms with van der Waals surface area (Å²) in [5.41, 5.74) is 0.757. The molecule has 1 N–H and O–H groups in total. The summed E-state index contributed by atoms with van der Waals surface area (Å²) in [7, 11) is 0.